The van der Waals surface area contributed by atoms with E-state index in [4.69, 9.17) is 0 Å². The summed E-state index contributed by atoms with van der Waals surface area (Å²) < 4.78 is 2.24. The largest absolute Gasteiger partial charge is 0.349 e. The molecule has 7 nitrogen and oxygen atoms in total. The summed E-state index contributed by atoms with van der Waals surface area (Å²) in [5.74, 6) is 0.00464. The third-order valence-electron chi connectivity index (χ3n) is 6.83. The van der Waals surface area contributed by atoms with Crippen LogP contribution in [0.25, 0.3) is 10.9 Å². The first kappa shape index (κ1) is 20.9. The summed E-state index contributed by atoms with van der Waals surface area (Å²) in [6.45, 7) is 3.11. The number of fused-ring (bicyclic) bond motifs is 6. The van der Waals surface area contributed by atoms with Gasteiger partial charge in [0, 0.05) is 42.8 Å². The second kappa shape index (κ2) is 7.99. The molecular weight excluding hydrogens is 446 g/mol. The average Bonchev–Trinajstić information content (AvgIpc) is 3.41. The normalized spacial score (nSPS) is 16.9. The topological polar surface area (TPSA) is 70.5 Å². The van der Waals surface area contributed by atoms with Crippen LogP contribution in [-0.4, -0.2) is 39.9 Å². The van der Waals surface area contributed by atoms with Gasteiger partial charge in [0.1, 0.15) is 6.17 Å². The number of aryl methyl sites for hydroxylation is 2. The predicted molar refractivity (Wildman–Crippen MR) is 134 cm³/mol. The Morgan fingerprint density at radius 1 is 1.18 bits per heavy atom. The van der Waals surface area contributed by atoms with E-state index in [0.29, 0.717) is 24.6 Å². The molecule has 0 bridgehead atoms. The van der Waals surface area contributed by atoms with E-state index in [1.165, 1.54) is 22.3 Å². The Morgan fingerprint density at radius 2 is 1.97 bits per heavy atom. The first-order valence-electron chi connectivity index (χ1n) is 11.5. The van der Waals surface area contributed by atoms with E-state index in [-0.39, 0.29) is 18.0 Å². The van der Waals surface area contributed by atoms with E-state index < -0.39 is 0 Å². The van der Waals surface area contributed by atoms with E-state index in [1.54, 1.807) is 0 Å². The standard InChI is InChI=1S/C26H25N5O2S/c1-16-15-34-26(27-16)28-22(32)12-14-30-21-10-6-3-7-17(21)18-11-13-31-24(23(18)30)29(2)20-9-5-4-8-19(20)25(31)33/h3-10,15,24H,11-14H2,1-2H3,(H,27,28,32). The second-order valence-electron chi connectivity index (χ2n) is 8.88. The monoisotopic (exact) mass is 471 g/mol. The summed E-state index contributed by atoms with van der Waals surface area (Å²) in [6.07, 6.45) is 0.916. The number of carbonyl (C=O) groups is 2. The highest BCUT2D eigenvalue weighted by atomic mass is 32.1. The zero-order chi connectivity index (χ0) is 23.4. The maximum absolute atomic E-state index is 13.4. The number of thiazole rings is 1. The molecule has 2 aliphatic heterocycles. The van der Waals surface area contributed by atoms with Crippen molar-refractivity contribution in [1.29, 1.82) is 0 Å². The number of amides is 2. The van der Waals surface area contributed by atoms with Crippen LogP contribution in [0.1, 0.15) is 39.9 Å². The maximum Gasteiger partial charge on any atom is 0.257 e. The third-order valence-corrected chi connectivity index (χ3v) is 7.71. The zero-order valence-electron chi connectivity index (χ0n) is 19.1. The summed E-state index contributed by atoms with van der Waals surface area (Å²) >= 11 is 1.43. The van der Waals surface area contributed by atoms with Gasteiger partial charge >= 0.3 is 0 Å². The van der Waals surface area contributed by atoms with E-state index in [9.17, 15) is 9.59 Å². The van der Waals surface area contributed by atoms with Gasteiger partial charge in [0.25, 0.3) is 5.91 Å². The highest BCUT2D eigenvalue weighted by Gasteiger charge is 2.42. The van der Waals surface area contributed by atoms with Gasteiger partial charge in [0.2, 0.25) is 5.91 Å². The SMILES string of the molecule is Cc1csc(NC(=O)CCn2c3c(c4ccccc42)CCN2C(=O)c4ccccc4N(C)C32)n1. The third kappa shape index (κ3) is 3.20. The second-order valence-corrected chi connectivity index (χ2v) is 9.73. The minimum absolute atomic E-state index is 0.0630. The highest BCUT2D eigenvalue weighted by molar-refractivity contribution is 7.13. The molecule has 8 heteroatoms. The van der Waals surface area contributed by atoms with E-state index in [1.807, 2.05) is 47.5 Å². The van der Waals surface area contributed by atoms with Crippen LogP contribution in [-0.2, 0) is 17.8 Å². The summed E-state index contributed by atoms with van der Waals surface area (Å²) in [7, 11) is 2.05. The quantitative estimate of drug-likeness (QED) is 0.473. The predicted octanol–water partition coefficient (Wildman–Crippen LogP) is 4.58. The van der Waals surface area contributed by atoms with Gasteiger partial charge in [-0.2, -0.15) is 0 Å². The number of aromatic nitrogens is 2. The summed E-state index contributed by atoms with van der Waals surface area (Å²) in [5.41, 5.74) is 6.06. The Balaban J connectivity index is 1.40. The fraction of sp³-hybridized carbons (Fsp3) is 0.269. The molecule has 0 aliphatic carbocycles. The first-order chi connectivity index (χ1) is 16.5. The number of hydrogen-bond donors (Lipinski definition) is 1. The molecule has 0 saturated carbocycles. The van der Waals surface area contributed by atoms with Crippen molar-refractivity contribution in [3.05, 3.63) is 76.4 Å². The molecule has 4 heterocycles. The molecule has 2 aromatic carbocycles. The number of nitrogens with zero attached hydrogens (tertiary/aromatic N) is 4. The Bertz CT molecular complexity index is 1440. The van der Waals surface area contributed by atoms with Gasteiger partial charge < -0.3 is 19.7 Å². The van der Waals surface area contributed by atoms with Crippen LogP contribution < -0.4 is 10.2 Å². The molecule has 0 saturated heterocycles. The molecule has 1 N–H and O–H groups in total. The summed E-state index contributed by atoms with van der Waals surface area (Å²) in [4.78, 5) is 34.7. The number of hydrogen-bond acceptors (Lipinski definition) is 5. The molecular formula is C26H25N5O2S. The van der Waals surface area contributed by atoms with Crippen molar-refractivity contribution < 1.29 is 9.59 Å². The molecule has 1 unspecified atom stereocenters. The lowest BCUT2D eigenvalue weighted by Crippen LogP contribution is -2.51. The molecule has 34 heavy (non-hydrogen) atoms. The van der Waals surface area contributed by atoms with E-state index in [2.05, 4.69) is 45.0 Å². The highest BCUT2D eigenvalue weighted by Crippen LogP contribution is 2.44. The van der Waals surface area contributed by atoms with Crippen LogP contribution in [0.5, 0.6) is 0 Å². The molecule has 2 amide bonds. The Hall–Kier alpha value is -3.65. The molecule has 6 rings (SSSR count). The van der Waals surface area contributed by atoms with Gasteiger partial charge in [0.15, 0.2) is 5.13 Å². The number of para-hydroxylation sites is 2. The van der Waals surface area contributed by atoms with E-state index in [0.717, 1.165) is 34.6 Å². The molecule has 2 aliphatic rings. The minimum atomic E-state index is -0.205. The minimum Gasteiger partial charge on any atom is -0.349 e. The molecule has 2 aromatic heterocycles. The smallest absolute Gasteiger partial charge is 0.257 e. The van der Waals surface area contributed by atoms with Gasteiger partial charge in [-0.25, -0.2) is 4.98 Å². The lowest BCUT2D eigenvalue weighted by Gasteiger charge is -2.46. The van der Waals surface area contributed by atoms with Crippen molar-refractivity contribution in [2.45, 2.75) is 32.5 Å². The maximum atomic E-state index is 13.4. The number of rotatable bonds is 4. The fourth-order valence-electron chi connectivity index (χ4n) is 5.36. The van der Waals surface area contributed by atoms with Crippen LogP contribution in [0, 0.1) is 6.92 Å². The first-order valence-corrected chi connectivity index (χ1v) is 12.4. The Labute approximate surface area is 201 Å². The van der Waals surface area contributed by atoms with Crippen molar-refractivity contribution in [3.63, 3.8) is 0 Å². The van der Waals surface area contributed by atoms with Crippen molar-refractivity contribution >= 4 is 44.9 Å². The lowest BCUT2D eigenvalue weighted by atomic mass is 9.96. The number of benzene rings is 2. The number of carbonyl (C=O) groups excluding carboxylic acids is 2. The van der Waals surface area contributed by atoms with Crippen LogP contribution >= 0.6 is 11.3 Å². The summed E-state index contributed by atoms with van der Waals surface area (Å²) in [6, 6.07) is 16.2. The molecule has 0 fully saturated rings. The van der Waals surface area contributed by atoms with Gasteiger partial charge in [-0.1, -0.05) is 30.3 Å². The van der Waals surface area contributed by atoms with Gasteiger partial charge in [-0.3, -0.25) is 9.59 Å². The fourth-order valence-corrected chi connectivity index (χ4v) is 6.06. The van der Waals surface area contributed by atoms with Crippen molar-refractivity contribution in [1.82, 2.24) is 14.5 Å². The number of nitrogens with one attached hydrogen (secondary N) is 1. The van der Waals surface area contributed by atoms with Crippen molar-refractivity contribution in [2.75, 3.05) is 23.8 Å². The van der Waals surface area contributed by atoms with Crippen LogP contribution in [0.2, 0.25) is 0 Å². The zero-order valence-corrected chi connectivity index (χ0v) is 19.9. The molecule has 172 valence electrons. The van der Waals surface area contributed by atoms with Crippen molar-refractivity contribution in [2.24, 2.45) is 0 Å². The molecule has 4 aromatic rings. The number of anilines is 2. The van der Waals surface area contributed by atoms with E-state index >= 15 is 0 Å². The molecule has 0 radical (unpaired) electrons. The van der Waals surface area contributed by atoms with Crippen LogP contribution in [0.15, 0.2) is 53.9 Å². The van der Waals surface area contributed by atoms with Crippen LogP contribution in [0.4, 0.5) is 10.8 Å². The molecule has 1 atom stereocenters. The molecule has 0 spiro atoms. The van der Waals surface area contributed by atoms with Gasteiger partial charge in [-0.15, -0.1) is 11.3 Å². The van der Waals surface area contributed by atoms with Gasteiger partial charge in [-0.05, 0) is 37.1 Å². The summed E-state index contributed by atoms with van der Waals surface area (Å²) in [5, 5.41) is 6.67. The Morgan fingerprint density at radius 3 is 2.79 bits per heavy atom. The van der Waals surface area contributed by atoms with Crippen LogP contribution in [0.3, 0.4) is 0 Å². The Kier molecular flexibility index (Phi) is 4.91. The average molecular weight is 472 g/mol. The lowest BCUT2D eigenvalue weighted by molar-refractivity contribution is -0.116. The van der Waals surface area contributed by atoms with Crippen molar-refractivity contribution in [3.8, 4) is 0 Å². The van der Waals surface area contributed by atoms with Gasteiger partial charge in [0.05, 0.1) is 22.6 Å².